The summed E-state index contributed by atoms with van der Waals surface area (Å²) in [7, 11) is 3.14. The van der Waals surface area contributed by atoms with Crippen molar-refractivity contribution in [1.82, 2.24) is 14.6 Å². The molecule has 1 N–H and O–H groups in total. The molecule has 0 saturated carbocycles. The van der Waals surface area contributed by atoms with Gasteiger partial charge in [-0.1, -0.05) is 17.3 Å². The summed E-state index contributed by atoms with van der Waals surface area (Å²) in [5.41, 5.74) is 0.841. The molecule has 0 aliphatic carbocycles. The molecule has 2 aromatic rings. The van der Waals surface area contributed by atoms with Gasteiger partial charge in [0.05, 0.1) is 40.1 Å². The molecule has 1 aromatic carbocycles. The van der Waals surface area contributed by atoms with Crippen LogP contribution in [0.25, 0.3) is 12.2 Å². The Labute approximate surface area is 162 Å². The lowest BCUT2D eigenvalue weighted by atomic mass is 10.2. The van der Waals surface area contributed by atoms with Crippen molar-refractivity contribution < 1.29 is 23.8 Å². The highest BCUT2D eigenvalue weighted by Crippen LogP contribution is 2.28. The van der Waals surface area contributed by atoms with E-state index >= 15 is 0 Å². The van der Waals surface area contributed by atoms with Crippen LogP contribution in [-0.4, -0.2) is 72.9 Å². The van der Waals surface area contributed by atoms with Crippen molar-refractivity contribution in [3.05, 3.63) is 40.1 Å². The van der Waals surface area contributed by atoms with Gasteiger partial charge >= 0.3 is 5.76 Å². The molecule has 0 radical (unpaired) electrons. The Kier molecular flexibility index (Phi) is 6.85. The van der Waals surface area contributed by atoms with Gasteiger partial charge in [-0.3, -0.25) is 14.0 Å². The third kappa shape index (κ3) is 5.00. The van der Waals surface area contributed by atoms with Gasteiger partial charge in [0, 0.05) is 19.6 Å². The maximum atomic E-state index is 12.0. The van der Waals surface area contributed by atoms with E-state index in [0.717, 1.165) is 18.7 Å². The van der Waals surface area contributed by atoms with E-state index in [1.165, 1.54) is 4.57 Å². The highest BCUT2D eigenvalue weighted by atomic mass is 16.5. The molecule has 152 valence electrons. The van der Waals surface area contributed by atoms with E-state index in [-0.39, 0.29) is 6.54 Å². The second-order valence-corrected chi connectivity index (χ2v) is 6.43. The molecule has 9 heteroatoms. The minimum atomic E-state index is -0.719. The maximum absolute atomic E-state index is 12.0. The number of nitrogens with zero attached hydrogens (tertiary/aromatic N) is 3. The first-order valence-corrected chi connectivity index (χ1v) is 9.05. The van der Waals surface area contributed by atoms with Crippen LogP contribution in [0, 0.1) is 0 Å². The van der Waals surface area contributed by atoms with Gasteiger partial charge in [0.25, 0.3) is 0 Å². The Morgan fingerprint density at radius 3 is 2.64 bits per heavy atom. The Bertz CT molecular complexity index is 854. The van der Waals surface area contributed by atoms with Crippen molar-refractivity contribution in [2.45, 2.75) is 12.6 Å². The van der Waals surface area contributed by atoms with Gasteiger partial charge in [-0.05, 0) is 23.8 Å². The minimum Gasteiger partial charge on any atom is -0.493 e. The average Bonchev–Trinajstić information content (AvgIpc) is 3.06. The number of aliphatic hydroxyl groups is 1. The molecule has 1 aromatic heterocycles. The molecule has 0 bridgehead atoms. The summed E-state index contributed by atoms with van der Waals surface area (Å²) in [4.78, 5) is 14.1. The molecule has 3 rings (SSSR count). The number of benzene rings is 1. The summed E-state index contributed by atoms with van der Waals surface area (Å²) < 4.78 is 21.9. The number of methoxy groups -OCH3 is 2. The van der Waals surface area contributed by atoms with E-state index < -0.39 is 11.9 Å². The number of ether oxygens (including phenoxy) is 3. The molecule has 9 nitrogen and oxygen atoms in total. The molecule has 28 heavy (non-hydrogen) atoms. The van der Waals surface area contributed by atoms with Crippen molar-refractivity contribution in [2.75, 3.05) is 47.1 Å². The van der Waals surface area contributed by atoms with E-state index in [9.17, 15) is 9.90 Å². The van der Waals surface area contributed by atoms with Crippen LogP contribution in [-0.2, 0) is 11.3 Å². The second kappa shape index (κ2) is 9.54. The highest BCUT2D eigenvalue weighted by molar-refractivity contribution is 5.68. The quantitative estimate of drug-likeness (QED) is 0.703. The number of aromatic nitrogens is 2. The Morgan fingerprint density at radius 2 is 1.93 bits per heavy atom. The maximum Gasteiger partial charge on any atom is 0.441 e. The van der Waals surface area contributed by atoms with Crippen molar-refractivity contribution in [3.8, 4) is 11.5 Å². The van der Waals surface area contributed by atoms with Crippen molar-refractivity contribution in [2.24, 2.45) is 0 Å². The molecule has 1 saturated heterocycles. The van der Waals surface area contributed by atoms with Crippen LogP contribution in [0.3, 0.4) is 0 Å². The molecule has 1 aliphatic heterocycles. The van der Waals surface area contributed by atoms with E-state index in [1.54, 1.807) is 32.4 Å². The fourth-order valence-electron chi connectivity index (χ4n) is 3.04. The Balaban J connectivity index is 1.70. The molecule has 0 amide bonds. The predicted molar refractivity (Wildman–Crippen MR) is 103 cm³/mol. The normalized spacial score (nSPS) is 16.4. The summed E-state index contributed by atoms with van der Waals surface area (Å²) >= 11 is 0. The van der Waals surface area contributed by atoms with Crippen molar-refractivity contribution >= 4 is 12.2 Å². The minimum absolute atomic E-state index is 0.102. The molecule has 0 spiro atoms. The third-order valence-electron chi connectivity index (χ3n) is 4.51. The van der Waals surface area contributed by atoms with Gasteiger partial charge in [0.15, 0.2) is 17.3 Å². The summed E-state index contributed by atoms with van der Waals surface area (Å²) in [6, 6.07) is 5.46. The zero-order chi connectivity index (χ0) is 19.9. The van der Waals surface area contributed by atoms with Crippen molar-refractivity contribution in [3.63, 3.8) is 0 Å². The van der Waals surface area contributed by atoms with Gasteiger partial charge in [-0.2, -0.15) is 0 Å². The molecule has 1 atom stereocenters. The summed E-state index contributed by atoms with van der Waals surface area (Å²) in [6.07, 6.45) is 2.72. The summed E-state index contributed by atoms with van der Waals surface area (Å²) in [5.74, 6) is 0.959. The topological polar surface area (TPSA) is 99.2 Å². The van der Waals surface area contributed by atoms with E-state index in [4.69, 9.17) is 18.7 Å². The SMILES string of the molecule is COc1ccc(/C=C/c2noc(=O)n2CC(O)CN2CCOCC2)cc1OC. The molecule has 1 aliphatic rings. The monoisotopic (exact) mass is 391 g/mol. The number of β-amino-alcohol motifs (C(OH)–C–C–N with tert-alkyl or cyclic N) is 1. The molecule has 1 unspecified atom stereocenters. The van der Waals surface area contributed by atoms with Crippen LogP contribution in [0.5, 0.6) is 11.5 Å². The first-order valence-electron chi connectivity index (χ1n) is 9.05. The van der Waals surface area contributed by atoms with Gasteiger partial charge in [-0.15, -0.1) is 0 Å². The Morgan fingerprint density at radius 1 is 1.18 bits per heavy atom. The summed E-state index contributed by atoms with van der Waals surface area (Å²) in [5, 5.41) is 14.2. The van der Waals surface area contributed by atoms with Gasteiger partial charge in [0.2, 0.25) is 0 Å². The van der Waals surface area contributed by atoms with Crippen LogP contribution in [0.2, 0.25) is 0 Å². The van der Waals surface area contributed by atoms with Crippen LogP contribution in [0.15, 0.2) is 27.5 Å². The lowest BCUT2D eigenvalue weighted by molar-refractivity contribution is 0.0111. The fourth-order valence-corrected chi connectivity index (χ4v) is 3.04. The molecular weight excluding hydrogens is 366 g/mol. The Hall–Kier alpha value is -2.62. The zero-order valence-corrected chi connectivity index (χ0v) is 16.0. The van der Waals surface area contributed by atoms with Gasteiger partial charge in [0.1, 0.15) is 0 Å². The van der Waals surface area contributed by atoms with Crippen molar-refractivity contribution in [1.29, 1.82) is 0 Å². The lowest BCUT2D eigenvalue weighted by Gasteiger charge is -2.28. The fraction of sp³-hybridized carbons (Fsp3) is 0.474. The number of rotatable bonds is 8. The van der Waals surface area contributed by atoms with Gasteiger partial charge < -0.3 is 19.3 Å². The largest absolute Gasteiger partial charge is 0.493 e. The first-order chi connectivity index (χ1) is 13.6. The van der Waals surface area contributed by atoms with E-state index in [2.05, 4.69) is 10.1 Å². The van der Waals surface area contributed by atoms with Crippen LogP contribution < -0.4 is 15.2 Å². The number of hydrogen-bond donors (Lipinski definition) is 1. The second-order valence-electron chi connectivity index (χ2n) is 6.43. The van der Waals surface area contributed by atoms with E-state index in [0.29, 0.717) is 37.1 Å². The van der Waals surface area contributed by atoms with Crippen LogP contribution >= 0.6 is 0 Å². The smallest absolute Gasteiger partial charge is 0.441 e. The first kappa shape index (κ1) is 20.1. The standard InChI is InChI=1S/C19H25N3O6/c1-25-16-5-3-14(11-17(16)26-2)4-6-18-20-28-19(24)22(18)13-15(23)12-21-7-9-27-10-8-21/h3-6,11,15,23H,7-10,12-13H2,1-2H3/b6-4+. The molecule has 2 heterocycles. The number of morpholine rings is 1. The van der Waals surface area contributed by atoms with Crippen LogP contribution in [0.4, 0.5) is 0 Å². The predicted octanol–water partition coefficient (Wildman–Crippen LogP) is 0.717. The molecule has 1 fully saturated rings. The lowest BCUT2D eigenvalue weighted by Crippen LogP contribution is -2.42. The number of hydrogen-bond acceptors (Lipinski definition) is 8. The average molecular weight is 391 g/mol. The molecular formula is C19H25N3O6. The van der Waals surface area contributed by atoms with Crippen LogP contribution in [0.1, 0.15) is 11.4 Å². The van der Waals surface area contributed by atoms with Gasteiger partial charge in [-0.25, -0.2) is 4.79 Å². The van der Waals surface area contributed by atoms with E-state index in [1.807, 2.05) is 12.1 Å². The third-order valence-corrected chi connectivity index (χ3v) is 4.51. The number of aliphatic hydroxyl groups excluding tert-OH is 1. The highest BCUT2D eigenvalue weighted by Gasteiger charge is 2.18. The summed E-state index contributed by atoms with van der Waals surface area (Å²) in [6.45, 7) is 3.40. The zero-order valence-electron chi connectivity index (χ0n) is 16.0.